The van der Waals surface area contributed by atoms with Gasteiger partial charge in [-0.15, -0.1) is 0 Å². The van der Waals surface area contributed by atoms with Crippen molar-refractivity contribution in [3.63, 3.8) is 0 Å². The molecule has 0 spiro atoms. The van der Waals surface area contributed by atoms with Crippen LogP contribution in [0.3, 0.4) is 0 Å². The molecule has 0 bridgehead atoms. The van der Waals surface area contributed by atoms with Crippen molar-refractivity contribution in [1.82, 2.24) is 14.5 Å². The molecule has 6 nitrogen and oxygen atoms in total. The highest BCUT2D eigenvalue weighted by atomic mass is 35.5. The van der Waals surface area contributed by atoms with E-state index in [-0.39, 0.29) is 18.1 Å². The van der Waals surface area contributed by atoms with Crippen LogP contribution in [-0.2, 0) is 27.2 Å². The first-order valence-electron chi connectivity index (χ1n) is 9.22. The zero-order valence-corrected chi connectivity index (χ0v) is 15.7. The van der Waals surface area contributed by atoms with Crippen LogP contribution in [0.2, 0.25) is 5.02 Å². The van der Waals surface area contributed by atoms with Crippen molar-refractivity contribution < 1.29 is 14.3 Å². The number of pyridine rings is 1. The molecule has 0 aliphatic carbocycles. The van der Waals surface area contributed by atoms with Gasteiger partial charge in [0.25, 0.3) is 5.91 Å². The molecule has 2 unspecified atom stereocenters. The maximum atomic E-state index is 12.7. The summed E-state index contributed by atoms with van der Waals surface area (Å²) in [7, 11) is 1.67. The molecule has 1 amide bonds. The molecule has 26 heavy (non-hydrogen) atoms. The van der Waals surface area contributed by atoms with Crippen LogP contribution in [-0.4, -0.2) is 59.4 Å². The van der Waals surface area contributed by atoms with Gasteiger partial charge in [-0.25, -0.2) is 4.98 Å². The largest absolute Gasteiger partial charge is 0.385 e. The monoisotopic (exact) mass is 377 g/mol. The van der Waals surface area contributed by atoms with Crippen LogP contribution in [0.1, 0.15) is 25.0 Å². The second kappa shape index (κ2) is 7.55. The van der Waals surface area contributed by atoms with Gasteiger partial charge in [0.15, 0.2) is 0 Å². The highest BCUT2D eigenvalue weighted by Gasteiger charge is 2.38. The number of hydrogen-bond donors (Lipinski definition) is 0. The van der Waals surface area contributed by atoms with E-state index in [9.17, 15) is 4.79 Å². The number of fused-ring (bicyclic) bond motifs is 3. The molecule has 0 radical (unpaired) electrons. The zero-order valence-electron chi connectivity index (χ0n) is 15.0. The minimum atomic E-state index is -0.292. The van der Waals surface area contributed by atoms with Gasteiger partial charge in [0.1, 0.15) is 11.8 Å². The van der Waals surface area contributed by atoms with Gasteiger partial charge in [0, 0.05) is 69.6 Å². The number of methoxy groups -OCH3 is 1. The first kappa shape index (κ1) is 17.8. The third kappa shape index (κ3) is 3.33. The number of halogens is 1. The lowest BCUT2D eigenvalue weighted by atomic mass is 10.0. The van der Waals surface area contributed by atoms with Gasteiger partial charge in [-0.3, -0.25) is 4.79 Å². The van der Waals surface area contributed by atoms with Gasteiger partial charge in [-0.05, 0) is 25.0 Å². The average molecular weight is 378 g/mol. The van der Waals surface area contributed by atoms with Crippen molar-refractivity contribution in [1.29, 1.82) is 0 Å². The van der Waals surface area contributed by atoms with Crippen LogP contribution >= 0.6 is 11.6 Å². The Balaban J connectivity index is 1.42. The molecule has 1 saturated heterocycles. The Bertz CT molecular complexity index is 807. The van der Waals surface area contributed by atoms with Crippen molar-refractivity contribution in [2.24, 2.45) is 0 Å². The lowest BCUT2D eigenvalue weighted by molar-refractivity contribution is -0.139. The Labute approximate surface area is 158 Å². The number of aromatic nitrogens is 2. The van der Waals surface area contributed by atoms with E-state index in [0.717, 1.165) is 49.8 Å². The fourth-order valence-corrected chi connectivity index (χ4v) is 4.27. The SMILES string of the molecule is COCCCOC1CCN(C2CCn3c(cc4cc(Cl)cnc43)C2)C1=O. The van der Waals surface area contributed by atoms with Crippen molar-refractivity contribution in [3.8, 4) is 0 Å². The van der Waals surface area contributed by atoms with Gasteiger partial charge in [-0.2, -0.15) is 0 Å². The summed E-state index contributed by atoms with van der Waals surface area (Å²) in [4.78, 5) is 19.2. The van der Waals surface area contributed by atoms with Gasteiger partial charge < -0.3 is 18.9 Å². The Morgan fingerprint density at radius 3 is 3.00 bits per heavy atom. The zero-order chi connectivity index (χ0) is 18.1. The Kier molecular flexibility index (Phi) is 5.16. The summed E-state index contributed by atoms with van der Waals surface area (Å²) < 4.78 is 13.0. The summed E-state index contributed by atoms with van der Waals surface area (Å²) in [6.07, 6.45) is 4.81. The first-order chi connectivity index (χ1) is 12.7. The van der Waals surface area contributed by atoms with Crippen LogP contribution in [0.5, 0.6) is 0 Å². The molecule has 1 fully saturated rings. The molecule has 2 aliphatic heterocycles. The fraction of sp³-hybridized carbons (Fsp3) is 0.579. The summed E-state index contributed by atoms with van der Waals surface area (Å²) in [6, 6.07) is 4.34. The van der Waals surface area contributed by atoms with Crippen LogP contribution in [0.4, 0.5) is 0 Å². The van der Waals surface area contributed by atoms with E-state index >= 15 is 0 Å². The Morgan fingerprint density at radius 2 is 2.15 bits per heavy atom. The van der Waals surface area contributed by atoms with Crippen LogP contribution in [0.15, 0.2) is 18.3 Å². The lowest BCUT2D eigenvalue weighted by Crippen LogP contribution is -2.43. The van der Waals surface area contributed by atoms with E-state index in [2.05, 4.69) is 15.6 Å². The molecular weight excluding hydrogens is 354 g/mol. The number of nitrogens with zero attached hydrogens (tertiary/aromatic N) is 3. The second-order valence-electron chi connectivity index (χ2n) is 7.03. The number of likely N-dealkylation sites (tertiary alicyclic amines) is 1. The topological polar surface area (TPSA) is 56.6 Å². The average Bonchev–Trinajstić information content (AvgIpc) is 3.17. The third-order valence-corrected chi connectivity index (χ3v) is 5.57. The molecule has 2 aromatic heterocycles. The third-order valence-electron chi connectivity index (χ3n) is 5.36. The summed E-state index contributed by atoms with van der Waals surface area (Å²) >= 11 is 6.06. The van der Waals surface area contributed by atoms with Crippen LogP contribution in [0, 0.1) is 0 Å². The summed E-state index contributed by atoms with van der Waals surface area (Å²) in [5.74, 6) is 0.137. The molecule has 7 heteroatoms. The smallest absolute Gasteiger partial charge is 0.252 e. The van der Waals surface area contributed by atoms with Crippen molar-refractivity contribution in [2.45, 2.75) is 44.4 Å². The molecule has 0 saturated carbocycles. The van der Waals surface area contributed by atoms with E-state index in [1.165, 1.54) is 5.69 Å². The summed E-state index contributed by atoms with van der Waals surface area (Å²) in [5.41, 5.74) is 2.21. The molecule has 0 N–H and O–H groups in total. The predicted molar refractivity (Wildman–Crippen MR) is 99.4 cm³/mol. The van der Waals surface area contributed by atoms with Crippen molar-refractivity contribution in [3.05, 3.63) is 29.0 Å². The van der Waals surface area contributed by atoms with E-state index < -0.39 is 0 Å². The molecule has 2 atom stereocenters. The summed E-state index contributed by atoms with van der Waals surface area (Å²) in [6.45, 7) is 2.89. The molecule has 4 heterocycles. The minimum Gasteiger partial charge on any atom is -0.385 e. The Hall–Kier alpha value is -1.63. The number of rotatable bonds is 6. The molecular formula is C19H24ClN3O3. The maximum Gasteiger partial charge on any atom is 0.252 e. The van der Waals surface area contributed by atoms with Crippen LogP contribution < -0.4 is 0 Å². The quantitative estimate of drug-likeness (QED) is 0.726. The van der Waals surface area contributed by atoms with Crippen molar-refractivity contribution in [2.75, 3.05) is 26.9 Å². The van der Waals surface area contributed by atoms with Crippen molar-refractivity contribution >= 4 is 28.5 Å². The van der Waals surface area contributed by atoms with Gasteiger partial charge in [0.05, 0.1) is 5.02 Å². The van der Waals surface area contributed by atoms with Gasteiger partial charge >= 0.3 is 0 Å². The summed E-state index contributed by atoms with van der Waals surface area (Å²) in [5, 5.41) is 1.72. The Morgan fingerprint density at radius 1 is 1.27 bits per heavy atom. The molecule has 2 aliphatic rings. The highest BCUT2D eigenvalue weighted by Crippen LogP contribution is 2.30. The van der Waals surface area contributed by atoms with E-state index in [4.69, 9.17) is 21.1 Å². The van der Waals surface area contributed by atoms with Gasteiger partial charge in [-0.1, -0.05) is 11.6 Å². The van der Waals surface area contributed by atoms with E-state index in [1.807, 2.05) is 11.0 Å². The number of carbonyl (C=O) groups excluding carboxylic acids is 1. The molecule has 140 valence electrons. The number of ether oxygens (including phenoxy) is 2. The van der Waals surface area contributed by atoms with Crippen LogP contribution in [0.25, 0.3) is 11.0 Å². The number of carbonyl (C=O) groups is 1. The minimum absolute atomic E-state index is 0.137. The molecule has 4 rings (SSSR count). The fourth-order valence-electron chi connectivity index (χ4n) is 4.10. The highest BCUT2D eigenvalue weighted by molar-refractivity contribution is 6.31. The molecule has 0 aromatic carbocycles. The normalized spacial score (nSPS) is 23.0. The number of aryl methyl sites for hydroxylation is 1. The predicted octanol–water partition coefficient (Wildman–Crippen LogP) is 2.66. The molecule has 2 aromatic rings. The standard InChI is InChI=1S/C19H24ClN3O3/c1-25-7-2-8-26-17-4-6-23(19(17)24)15-3-5-22-16(11-15)10-13-9-14(20)12-21-18(13)22/h9-10,12,15,17H,2-8,11H2,1H3. The van der Waals surface area contributed by atoms with E-state index in [1.54, 1.807) is 13.3 Å². The number of amides is 1. The van der Waals surface area contributed by atoms with E-state index in [0.29, 0.717) is 18.2 Å². The number of hydrogen-bond acceptors (Lipinski definition) is 4. The lowest BCUT2D eigenvalue weighted by Gasteiger charge is -2.32. The maximum absolute atomic E-state index is 12.7. The first-order valence-corrected chi connectivity index (χ1v) is 9.60. The van der Waals surface area contributed by atoms with Gasteiger partial charge in [0.2, 0.25) is 0 Å². The second-order valence-corrected chi connectivity index (χ2v) is 7.46.